The molecule has 0 aromatic carbocycles. The number of carbonyl (C=O) groups excluding carboxylic acids is 1. The van der Waals surface area contributed by atoms with Crippen molar-refractivity contribution in [2.75, 3.05) is 6.54 Å². The lowest BCUT2D eigenvalue weighted by molar-refractivity contribution is 0.0954. The lowest BCUT2D eigenvalue weighted by atomic mass is 9.97. The number of aromatic nitrogens is 1. The fourth-order valence-electron chi connectivity index (χ4n) is 2.81. The van der Waals surface area contributed by atoms with E-state index < -0.39 is 0 Å². The molecule has 4 heteroatoms. The highest BCUT2D eigenvalue weighted by Crippen LogP contribution is 2.19. The normalized spacial score (nSPS) is 12.1. The maximum Gasteiger partial charge on any atom is 0.263 e. The van der Waals surface area contributed by atoms with Crippen LogP contribution in [0.5, 0.6) is 0 Å². The van der Waals surface area contributed by atoms with Crippen molar-refractivity contribution in [3.63, 3.8) is 0 Å². The Hall–Kier alpha value is -2.62. The van der Waals surface area contributed by atoms with E-state index in [4.69, 9.17) is 0 Å². The predicted octanol–water partition coefficient (Wildman–Crippen LogP) is 6.01. The van der Waals surface area contributed by atoms with Crippen LogP contribution in [-0.4, -0.2) is 17.0 Å². The molecule has 0 saturated heterocycles. The largest absolute Gasteiger partial charge is 0.348 e. The maximum absolute atomic E-state index is 12.8. The first kappa shape index (κ1) is 27.4. The molecule has 0 bridgehead atoms. The van der Waals surface area contributed by atoms with E-state index in [1.54, 1.807) is 11.6 Å². The van der Waals surface area contributed by atoms with Gasteiger partial charge in [-0.2, -0.15) is 0 Å². The van der Waals surface area contributed by atoms with Crippen LogP contribution in [0, 0.1) is 12.8 Å². The van der Waals surface area contributed by atoms with E-state index in [9.17, 15) is 9.59 Å². The van der Waals surface area contributed by atoms with E-state index in [1.807, 2.05) is 77.2 Å². The van der Waals surface area contributed by atoms with Crippen LogP contribution in [0.25, 0.3) is 6.08 Å². The van der Waals surface area contributed by atoms with Crippen molar-refractivity contribution in [1.82, 2.24) is 9.88 Å². The van der Waals surface area contributed by atoms with Gasteiger partial charge in [0.15, 0.2) is 0 Å². The summed E-state index contributed by atoms with van der Waals surface area (Å²) in [5, 5.41) is 2.88. The number of nitrogens with one attached hydrogen (secondary N) is 1. The first-order valence-corrected chi connectivity index (χ1v) is 10.7. The summed E-state index contributed by atoms with van der Waals surface area (Å²) < 4.78 is 1.55. The molecule has 0 spiro atoms. The summed E-state index contributed by atoms with van der Waals surface area (Å²) in [6, 6.07) is 0. The minimum atomic E-state index is -0.327. The zero-order chi connectivity index (χ0) is 23.3. The number of allylic oxidation sites excluding steroid dienone is 5. The van der Waals surface area contributed by atoms with E-state index >= 15 is 0 Å². The third kappa shape index (κ3) is 8.40. The van der Waals surface area contributed by atoms with Gasteiger partial charge in [0.05, 0.1) is 0 Å². The minimum Gasteiger partial charge on any atom is -0.348 e. The van der Waals surface area contributed by atoms with Crippen LogP contribution in [0.1, 0.15) is 77.1 Å². The van der Waals surface area contributed by atoms with E-state index in [2.05, 4.69) is 26.1 Å². The molecule has 0 radical (unpaired) electrons. The zero-order valence-corrected chi connectivity index (χ0v) is 20.3. The van der Waals surface area contributed by atoms with E-state index in [-0.39, 0.29) is 18.5 Å². The molecule has 1 amide bonds. The van der Waals surface area contributed by atoms with Crippen LogP contribution in [0.2, 0.25) is 0 Å². The topological polar surface area (TPSA) is 51.1 Å². The van der Waals surface area contributed by atoms with Gasteiger partial charge < -0.3 is 9.88 Å². The standard InChI is InChI=1S/C22H30N2O2.C4H10.H2/c1-7-11-12-14-19-16(5)24(6)22(26)20(18(19)10-4)21(25)23-15-17(9-3)13-8-2;1-4(2)3;/h7-9,11-14H,10,15H2,1-6H3,(H,23,25);4H,1-3H3;1H/b11-7+,13-8-,14-12-,17-9+;;. The number of hydrogen-bond donors (Lipinski definition) is 1. The molecule has 30 heavy (non-hydrogen) atoms. The Bertz CT molecular complexity index is 870. The third-order valence-electron chi connectivity index (χ3n) is 4.39. The summed E-state index contributed by atoms with van der Waals surface area (Å²) in [5.41, 5.74) is 3.54. The molecule has 0 aliphatic rings. The molecular weight excluding hydrogens is 372 g/mol. The second-order valence-corrected chi connectivity index (χ2v) is 7.73. The van der Waals surface area contributed by atoms with Gasteiger partial charge >= 0.3 is 0 Å². The van der Waals surface area contributed by atoms with Gasteiger partial charge in [-0.05, 0) is 56.7 Å². The van der Waals surface area contributed by atoms with E-state index in [1.165, 1.54) is 0 Å². The average Bonchev–Trinajstić information content (AvgIpc) is 2.70. The number of hydrogen-bond acceptors (Lipinski definition) is 2. The first-order valence-electron chi connectivity index (χ1n) is 10.7. The highest BCUT2D eigenvalue weighted by atomic mass is 16.2. The zero-order valence-electron chi connectivity index (χ0n) is 20.3. The van der Waals surface area contributed by atoms with Gasteiger partial charge in [0.1, 0.15) is 5.56 Å². The van der Waals surface area contributed by atoms with Crippen molar-refractivity contribution >= 4 is 12.0 Å². The minimum absolute atomic E-state index is 0. The van der Waals surface area contributed by atoms with Crippen LogP contribution < -0.4 is 10.9 Å². The van der Waals surface area contributed by atoms with Crippen molar-refractivity contribution < 1.29 is 6.22 Å². The van der Waals surface area contributed by atoms with Crippen molar-refractivity contribution in [3.8, 4) is 0 Å². The molecular formula is C26H42N2O2. The Kier molecular flexibility index (Phi) is 13.1. The molecule has 0 aliphatic carbocycles. The fourth-order valence-corrected chi connectivity index (χ4v) is 2.81. The molecule has 1 aromatic rings. The molecule has 0 unspecified atom stereocenters. The third-order valence-corrected chi connectivity index (χ3v) is 4.39. The summed E-state index contributed by atoms with van der Waals surface area (Å²) in [7, 11) is 1.71. The second-order valence-electron chi connectivity index (χ2n) is 7.73. The molecule has 0 aliphatic heterocycles. The quantitative estimate of drug-likeness (QED) is 0.556. The molecule has 1 rings (SSSR count). The highest BCUT2D eigenvalue weighted by Gasteiger charge is 2.21. The van der Waals surface area contributed by atoms with Crippen molar-refractivity contribution in [3.05, 3.63) is 74.8 Å². The highest BCUT2D eigenvalue weighted by molar-refractivity contribution is 5.96. The van der Waals surface area contributed by atoms with Gasteiger partial charge in [-0.15, -0.1) is 0 Å². The van der Waals surface area contributed by atoms with Crippen molar-refractivity contribution in [1.29, 1.82) is 0 Å². The van der Waals surface area contributed by atoms with Gasteiger partial charge in [-0.25, -0.2) is 0 Å². The van der Waals surface area contributed by atoms with Crippen LogP contribution in [0.4, 0.5) is 0 Å². The van der Waals surface area contributed by atoms with E-state index in [0.717, 1.165) is 28.3 Å². The van der Waals surface area contributed by atoms with Crippen LogP contribution in [0.15, 0.2) is 46.8 Å². The number of rotatable bonds is 7. The van der Waals surface area contributed by atoms with Gasteiger partial charge in [-0.1, -0.05) is 70.2 Å². The van der Waals surface area contributed by atoms with Crippen molar-refractivity contribution in [2.45, 2.75) is 61.8 Å². The summed E-state index contributed by atoms with van der Waals surface area (Å²) in [4.78, 5) is 25.6. The van der Waals surface area contributed by atoms with Gasteiger partial charge in [-0.3, -0.25) is 9.59 Å². The van der Waals surface area contributed by atoms with Crippen LogP contribution in [0.3, 0.4) is 0 Å². The molecule has 0 atom stereocenters. The van der Waals surface area contributed by atoms with E-state index in [0.29, 0.717) is 13.0 Å². The Morgan fingerprint density at radius 1 is 1.13 bits per heavy atom. The summed E-state index contributed by atoms with van der Waals surface area (Å²) in [6.07, 6.45) is 14.2. The summed E-state index contributed by atoms with van der Waals surface area (Å²) in [6.45, 7) is 16.6. The molecule has 1 heterocycles. The average molecular weight is 415 g/mol. The Balaban J connectivity index is 0. The van der Waals surface area contributed by atoms with Gasteiger partial charge in [0.2, 0.25) is 0 Å². The Labute approximate surface area is 184 Å². The molecule has 168 valence electrons. The molecule has 1 aromatic heterocycles. The number of amides is 1. The number of nitrogens with zero attached hydrogens (tertiary/aromatic N) is 1. The van der Waals surface area contributed by atoms with Crippen molar-refractivity contribution in [2.24, 2.45) is 13.0 Å². The number of carbonyl (C=O) groups is 1. The maximum atomic E-state index is 12.8. The smallest absolute Gasteiger partial charge is 0.263 e. The molecule has 1 N–H and O–H groups in total. The monoisotopic (exact) mass is 414 g/mol. The van der Waals surface area contributed by atoms with Gasteiger partial charge in [0, 0.05) is 20.7 Å². The fraction of sp³-hybridized carbons (Fsp3) is 0.462. The van der Waals surface area contributed by atoms with Crippen LogP contribution >= 0.6 is 0 Å². The lowest BCUT2D eigenvalue weighted by Gasteiger charge is -2.17. The van der Waals surface area contributed by atoms with Crippen LogP contribution in [-0.2, 0) is 13.5 Å². The second kappa shape index (κ2) is 14.4. The molecule has 0 fully saturated rings. The lowest BCUT2D eigenvalue weighted by Crippen LogP contribution is -2.36. The predicted molar refractivity (Wildman–Crippen MR) is 133 cm³/mol. The Morgan fingerprint density at radius 2 is 1.73 bits per heavy atom. The summed E-state index contributed by atoms with van der Waals surface area (Å²) >= 11 is 0. The first-order chi connectivity index (χ1) is 14.2. The molecule has 4 nitrogen and oxygen atoms in total. The van der Waals surface area contributed by atoms with Gasteiger partial charge in [0.25, 0.3) is 11.5 Å². The Morgan fingerprint density at radius 3 is 2.20 bits per heavy atom. The SMILES string of the molecule is C/C=C\C(=C/C)CNC(=O)c1c(CC)c(/C=C\C=C\C)c(C)n(C)c1=O.CC(C)C.[HH]. The number of pyridine rings is 1. The summed E-state index contributed by atoms with van der Waals surface area (Å²) in [5.74, 6) is 0.506. The molecule has 0 saturated carbocycles.